The van der Waals surface area contributed by atoms with Gasteiger partial charge >= 0.3 is 0 Å². The number of anilines is 1. The topological polar surface area (TPSA) is 129 Å². The first-order valence-corrected chi connectivity index (χ1v) is 11.7. The molecular formula is C27H27N5O5. The van der Waals surface area contributed by atoms with Crippen molar-refractivity contribution >= 4 is 29.2 Å². The molecule has 0 fully saturated rings. The molecular weight excluding hydrogens is 474 g/mol. The van der Waals surface area contributed by atoms with Crippen LogP contribution in [0.2, 0.25) is 0 Å². The number of fused-ring (bicyclic) bond motifs is 1. The number of aryl methyl sites for hydroxylation is 1. The van der Waals surface area contributed by atoms with E-state index >= 15 is 0 Å². The van der Waals surface area contributed by atoms with Crippen LogP contribution in [0.25, 0.3) is 5.65 Å². The Hall–Kier alpha value is -4.73. The zero-order valence-electron chi connectivity index (χ0n) is 20.8. The molecule has 0 aliphatic rings. The van der Waals surface area contributed by atoms with Crippen molar-refractivity contribution in [2.75, 3.05) is 19.1 Å². The Morgan fingerprint density at radius 1 is 0.946 bits per heavy atom. The molecule has 2 aromatic carbocycles. The number of amides is 3. The van der Waals surface area contributed by atoms with Crippen LogP contribution in [0.3, 0.4) is 0 Å². The maximum absolute atomic E-state index is 14.1. The van der Waals surface area contributed by atoms with Gasteiger partial charge in [-0.15, -0.1) is 0 Å². The van der Waals surface area contributed by atoms with Crippen molar-refractivity contribution in [2.24, 2.45) is 5.73 Å². The monoisotopic (exact) mass is 501 g/mol. The molecule has 10 nitrogen and oxygen atoms in total. The molecule has 0 radical (unpaired) electrons. The number of rotatable bonds is 9. The summed E-state index contributed by atoms with van der Waals surface area (Å²) >= 11 is 0. The van der Waals surface area contributed by atoms with Crippen molar-refractivity contribution in [1.82, 2.24) is 14.4 Å². The molecule has 0 atom stereocenters. The number of nitrogens with zero attached hydrogens (tertiary/aromatic N) is 4. The van der Waals surface area contributed by atoms with Crippen LogP contribution in [0.5, 0.6) is 11.5 Å². The summed E-state index contributed by atoms with van der Waals surface area (Å²) in [6, 6.07) is 14.9. The van der Waals surface area contributed by atoms with E-state index in [1.807, 2.05) is 6.92 Å². The van der Waals surface area contributed by atoms with E-state index in [0.29, 0.717) is 23.6 Å². The largest absolute Gasteiger partial charge is 0.496 e. The first-order valence-electron chi connectivity index (χ1n) is 11.7. The summed E-state index contributed by atoms with van der Waals surface area (Å²) in [4.78, 5) is 50.0. The van der Waals surface area contributed by atoms with E-state index in [1.165, 1.54) is 24.9 Å². The lowest BCUT2D eigenvalue weighted by Gasteiger charge is -2.24. The van der Waals surface area contributed by atoms with Gasteiger partial charge in [-0.2, -0.15) is 0 Å². The van der Waals surface area contributed by atoms with Gasteiger partial charge in [-0.1, -0.05) is 37.6 Å². The fourth-order valence-corrected chi connectivity index (χ4v) is 4.02. The number of imide groups is 1. The van der Waals surface area contributed by atoms with Gasteiger partial charge in [0.1, 0.15) is 23.6 Å². The highest BCUT2D eigenvalue weighted by Gasteiger charge is 2.32. The van der Waals surface area contributed by atoms with Crippen molar-refractivity contribution in [3.63, 3.8) is 0 Å². The minimum absolute atomic E-state index is 0.0611. The quantitative estimate of drug-likeness (QED) is 0.346. The lowest BCUT2D eigenvalue weighted by molar-refractivity contribution is 0.0892. The number of imidazole rings is 1. The molecule has 0 saturated heterocycles. The fourth-order valence-electron chi connectivity index (χ4n) is 4.02. The van der Waals surface area contributed by atoms with Gasteiger partial charge in [0, 0.05) is 11.8 Å². The Kier molecular flexibility index (Phi) is 7.47. The summed E-state index contributed by atoms with van der Waals surface area (Å²) in [5, 5.41) is 0. The zero-order valence-corrected chi connectivity index (χ0v) is 20.8. The van der Waals surface area contributed by atoms with Crippen molar-refractivity contribution in [3.8, 4) is 11.5 Å². The average Bonchev–Trinajstić information content (AvgIpc) is 3.36. The molecule has 0 saturated carbocycles. The molecule has 0 aliphatic heterocycles. The highest BCUT2D eigenvalue weighted by Crippen LogP contribution is 2.29. The van der Waals surface area contributed by atoms with Gasteiger partial charge in [-0.3, -0.25) is 18.8 Å². The van der Waals surface area contributed by atoms with Crippen LogP contribution < -0.4 is 20.1 Å². The Morgan fingerprint density at radius 2 is 1.51 bits per heavy atom. The molecule has 4 rings (SSSR count). The average molecular weight is 502 g/mol. The molecule has 2 N–H and O–H groups in total. The van der Waals surface area contributed by atoms with Gasteiger partial charge in [0.05, 0.1) is 25.3 Å². The van der Waals surface area contributed by atoms with Gasteiger partial charge in [-0.25, -0.2) is 14.9 Å². The number of aromatic nitrogens is 3. The van der Waals surface area contributed by atoms with Crippen LogP contribution in [-0.2, 0) is 6.42 Å². The van der Waals surface area contributed by atoms with Gasteiger partial charge in [0.2, 0.25) is 0 Å². The summed E-state index contributed by atoms with van der Waals surface area (Å²) in [6.45, 7) is 2.04. The molecule has 37 heavy (non-hydrogen) atoms. The number of hydrogen-bond donors (Lipinski definition) is 1. The number of benzene rings is 2. The van der Waals surface area contributed by atoms with Gasteiger partial charge in [0.15, 0.2) is 11.3 Å². The van der Waals surface area contributed by atoms with E-state index < -0.39 is 17.7 Å². The van der Waals surface area contributed by atoms with E-state index in [1.54, 1.807) is 54.6 Å². The number of hydrogen-bond acceptors (Lipinski definition) is 7. The van der Waals surface area contributed by atoms with Crippen LogP contribution in [0.4, 0.5) is 5.82 Å². The molecule has 0 bridgehead atoms. The minimum atomic E-state index is -0.771. The smallest absolute Gasteiger partial charge is 0.271 e. The van der Waals surface area contributed by atoms with E-state index in [4.69, 9.17) is 15.2 Å². The number of ether oxygens (including phenoxy) is 2. The third kappa shape index (κ3) is 4.86. The number of carbonyl (C=O) groups excluding carboxylic acids is 3. The summed E-state index contributed by atoms with van der Waals surface area (Å²) in [6.07, 6.45) is 3.58. The summed E-state index contributed by atoms with van der Waals surface area (Å²) < 4.78 is 12.2. The Bertz CT molecular complexity index is 1420. The Balaban J connectivity index is 2.01. The predicted octanol–water partition coefficient (Wildman–Crippen LogP) is 3.68. The standard InChI is InChI=1S/C27H27N5O5/c1-4-5-10-17-15-22(31-16-29-23(24(28)33)25(31)30-17)32(26(34)18-11-6-8-13-20(18)36-2)27(35)19-12-7-9-14-21(19)37-3/h6-9,11-16H,4-5,10H2,1-3H3,(H2,28,33). The summed E-state index contributed by atoms with van der Waals surface area (Å²) in [7, 11) is 2.89. The van der Waals surface area contributed by atoms with Gasteiger partial charge in [0.25, 0.3) is 17.7 Å². The number of primary amides is 1. The highest BCUT2D eigenvalue weighted by molar-refractivity contribution is 6.26. The second-order valence-corrected chi connectivity index (χ2v) is 8.21. The molecule has 2 aromatic heterocycles. The third-order valence-electron chi connectivity index (χ3n) is 5.86. The maximum Gasteiger partial charge on any atom is 0.271 e. The van der Waals surface area contributed by atoms with Crippen LogP contribution in [0.15, 0.2) is 60.9 Å². The number of methoxy groups -OCH3 is 2. The maximum atomic E-state index is 14.1. The van der Waals surface area contributed by atoms with Crippen molar-refractivity contribution in [3.05, 3.63) is 83.4 Å². The SMILES string of the molecule is CCCCc1cc(N(C(=O)c2ccccc2OC)C(=O)c2ccccc2OC)n2cnc(C(N)=O)c2n1. The molecule has 0 unspecified atom stereocenters. The van der Waals surface area contributed by atoms with Crippen molar-refractivity contribution < 1.29 is 23.9 Å². The predicted molar refractivity (Wildman–Crippen MR) is 137 cm³/mol. The first-order chi connectivity index (χ1) is 17.9. The minimum Gasteiger partial charge on any atom is -0.496 e. The lowest BCUT2D eigenvalue weighted by Crippen LogP contribution is -2.39. The number of nitrogens with two attached hydrogens (primary N) is 1. The molecule has 190 valence electrons. The Morgan fingerprint density at radius 3 is 2.03 bits per heavy atom. The van der Waals surface area contributed by atoms with Crippen molar-refractivity contribution in [1.29, 1.82) is 0 Å². The van der Waals surface area contributed by atoms with Crippen LogP contribution in [0.1, 0.15) is 56.7 Å². The lowest BCUT2D eigenvalue weighted by atomic mass is 10.1. The van der Waals surface area contributed by atoms with E-state index in [2.05, 4.69) is 9.97 Å². The first kappa shape index (κ1) is 25.4. The molecule has 0 spiro atoms. The molecule has 0 aliphatic carbocycles. The summed E-state index contributed by atoms with van der Waals surface area (Å²) in [5.41, 5.74) is 6.56. The fraction of sp³-hybridized carbons (Fsp3) is 0.222. The van der Waals surface area contributed by atoms with Crippen molar-refractivity contribution in [2.45, 2.75) is 26.2 Å². The van der Waals surface area contributed by atoms with Crippen LogP contribution in [-0.4, -0.2) is 46.3 Å². The second-order valence-electron chi connectivity index (χ2n) is 8.21. The van der Waals surface area contributed by atoms with E-state index in [0.717, 1.165) is 17.7 Å². The number of unbranched alkanes of at least 4 members (excludes halogenated alkanes) is 1. The van der Waals surface area contributed by atoms with Gasteiger partial charge < -0.3 is 15.2 Å². The second kappa shape index (κ2) is 10.9. The number of para-hydroxylation sites is 2. The third-order valence-corrected chi connectivity index (χ3v) is 5.86. The molecule has 3 amide bonds. The van der Waals surface area contributed by atoms with E-state index in [9.17, 15) is 14.4 Å². The Labute approximate surface area is 213 Å². The van der Waals surface area contributed by atoms with Crippen LogP contribution in [0, 0.1) is 0 Å². The van der Waals surface area contributed by atoms with Gasteiger partial charge in [-0.05, 0) is 37.1 Å². The number of carbonyl (C=O) groups is 3. The highest BCUT2D eigenvalue weighted by atomic mass is 16.5. The normalized spacial score (nSPS) is 10.8. The van der Waals surface area contributed by atoms with Crippen LogP contribution >= 0.6 is 0 Å². The molecule has 2 heterocycles. The van der Waals surface area contributed by atoms with E-state index in [-0.39, 0.29) is 28.3 Å². The molecule has 4 aromatic rings. The summed E-state index contributed by atoms with van der Waals surface area (Å²) in [5.74, 6) is -1.31. The molecule has 10 heteroatoms. The zero-order chi connectivity index (χ0) is 26.5.